The molecule has 0 aliphatic carbocycles. The van der Waals surface area contributed by atoms with Crippen molar-refractivity contribution in [1.82, 2.24) is 20.2 Å². The highest BCUT2D eigenvalue weighted by molar-refractivity contribution is 8.01. The lowest BCUT2D eigenvalue weighted by molar-refractivity contribution is 0.918. The van der Waals surface area contributed by atoms with Crippen LogP contribution in [-0.4, -0.2) is 20.2 Å². The van der Waals surface area contributed by atoms with Crippen molar-refractivity contribution < 1.29 is 0 Å². The standard InChI is InChI=1S/C19H19N5OS3/c1-10-11(2)26-17-14(10)16(25)21-15(22-17)12(3)27-19-24-23-18(28-19)20-9-13-7-5-4-6-8-13/h4-8,12H,9H2,1-3H3,(H,20,23)(H,21,22,25). The third-order valence-electron chi connectivity index (χ3n) is 4.41. The lowest BCUT2D eigenvalue weighted by Crippen LogP contribution is -2.12. The molecule has 0 spiro atoms. The Morgan fingerprint density at radius 2 is 1.96 bits per heavy atom. The minimum Gasteiger partial charge on any atom is -0.356 e. The molecule has 0 radical (unpaired) electrons. The number of thioether (sulfide) groups is 1. The van der Waals surface area contributed by atoms with Crippen LogP contribution in [0.25, 0.3) is 10.2 Å². The summed E-state index contributed by atoms with van der Waals surface area (Å²) in [5.74, 6) is 0.665. The molecule has 6 nitrogen and oxygen atoms in total. The van der Waals surface area contributed by atoms with Gasteiger partial charge in [-0.3, -0.25) is 4.79 Å². The van der Waals surface area contributed by atoms with Gasteiger partial charge < -0.3 is 10.3 Å². The molecule has 28 heavy (non-hydrogen) atoms. The van der Waals surface area contributed by atoms with Crippen LogP contribution in [0.3, 0.4) is 0 Å². The van der Waals surface area contributed by atoms with Crippen LogP contribution < -0.4 is 10.9 Å². The topological polar surface area (TPSA) is 83.6 Å². The summed E-state index contributed by atoms with van der Waals surface area (Å²) in [6.07, 6.45) is 0. The highest BCUT2D eigenvalue weighted by atomic mass is 32.2. The summed E-state index contributed by atoms with van der Waals surface area (Å²) in [6.45, 7) is 6.71. The van der Waals surface area contributed by atoms with Crippen molar-refractivity contribution in [3.63, 3.8) is 0 Å². The number of aromatic nitrogens is 4. The first-order valence-corrected chi connectivity index (χ1v) is 11.3. The molecule has 1 atom stereocenters. The zero-order chi connectivity index (χ0) is 19.7. The van der Waals surface area contributed by atoms with Gasteiger partial charge in [0.2, 0.25) is 5.13 Å². The Bertz CT molecular complexity index is 1170. The number of hydrogen-bond acceptors (Lipinski definition) is 8. The Morgan fingerprint density at radius 3 is 2.75 bits per heavy atom. The first kappa shape index (κ1) is 19.1. The summed E-state index contributed by atoms with van der Waals surface area (Å²) < 4.78 is 0.837. The molecule has 1 unspecified atom stereocenters. The van der Waals surface area contributed by atoms with Crippen LogP contribution in [0.1, 0.15) is 34.0 Å². The molecule has 9 heteroatoms. The zero-order valence-corrected chi connectivity index (χ0v) is 18.1. The molecule has 0 bridgehead atoms. The van der Waals surface area contributed by atoms with Crippen molar-refractivity contribution in [2.24, 2.45) is 0 Å². The lowest BCUT2D eigenvalue weighted by atomic mass is 10.2. The van der Waals surface area contributed by atoms with Gasteiger partial charge in [0.1, 0.15) is 10.7 Å². The summed E-state index contributed by atoms with van der Waals surface area (Å²) in [6, 6.07) is 10.2. The van der Waals surface area contributed by atoms with Crippen LogP contribution in [0.4, 0.5) is 5.13 Å². The number of anilines is 1. The molecule has 1 aromatic carbocycles. The maximum absolute atomic E-state index is 12.5. The summed E-state index contributed by atoms with van der Waals surface area (Å²) in [5.41, 5.74) is 2.13. The largest absolute Gasteiger partial charge is 0.356 e. The van der Waals surface area contributed by atoms with Crippen molar-refractivity contribution >= 4 is 49.8 Å². The fraction of sp³-hybridized carbons (Fsp3) is 0.263. The predicted molar refractivity (Wildman–Crippen MR) is 118 cm³/mol. The molecule has 2 N–H and O–H groups in total. The summed E-state index contributed by atoms with van der Waals surface area (Å²) >= 11 is 4.61. The van der Waals surface area contributed by atoms with Crippen LogP contribution >= 0.6 is 34.4 Å². The molecule has 0 fully saturated rings. The van der Waals surface area contributed by atoms with E-state index in [4.69, 9.17) is 0 Å². The van der Waals surface area contributed by atoms with Crippen LogP contribution in [0.2, 0.25) is 0 Å². The van der Waals surface area contributed by atoms with Gasteiger partial charge in [-0.2, -0.15) is 0 Å². The second-order valence-electron chi connectivity index (χ2n) is 6.39. The van der Waals surface area contributed by atoms with E-state index < -0.39 is 0 Å². The highest BCUT2D eigenvalue weighted by Gasteiger charge is 2.17. The molecule has 0 saturated heterocycles. The number of H-pyrrole nitrogens is 1. The monoisotopic (exact) mass is 429 g/mol. The van der Waals surface area contributed by atoms with E-state index in [1.807, 2.05) is 39.0 Å². The minimum absolute atomic E-state index is 0.0327. The number of rotatable bonds is 6. The number of nitrogens with one attached hydrogen (secondary N) is 2. The van der Waals surface area contributed by atoms with Crippen LogP contribution in [0.15, 0.2) is 39.5 Å². The van der Waals surface area contributed by atoms with E-state index in [0.717, 1.165) is 24.7 Å². The molecule has 0 saturated carbocycles. The van der Waals surface area contributed by atoms with Crippen molar-refractivity contribution in [3.8, 4) is 0 Å². The number of aromatic amines is 1. The van der Waals surface area contributed by atoms with Crippen molar-refractivity contribution in [3.05, 3.63) is 62.5 Å². The number of aryl methyl sites for hydroxylation is 2. The summed E-state index contributed by atoms with van der Waals surface area (Å²) in [4.78, 5) is 22.0. The normalized spacial score (nSPS) is 12.4. The van der Waals surface area contributed by atoms with Crippen molar-refractivity contribution in [2.75, 3.05) is 5.32 Å². The number of nitrogens with zero attached hydrogens (tertiary/aromatic N) is 3. The number of hydrogen-bond donors (Lipinski definition) is 2. The average molecular weight is 430 g/mol. The molecule has 4 rings (SSSR count). The minimum atomic E-state index is -0.0724. The van der Waals surface area contributed by atoms with E-state index >= 15 is 0 Å². The molecular formula is C19H19N5OS3. The van der Waals surface area contributed by atoms with Crippen molar-refractivity contribution in [1.29, 1.82) is 0 Å². The van der Waals surface area contributed by atoms with Gasteiger partial charge in [-0.15, -0.1) is 21.5 Å². The Hall–Kier alpha value is -2.23. The maximum Gasteiger partial charge on any atom is 0.259 e. The van der Waals surface area contributed by atoms with Gasteiger partial charge >= 0.3 is 0 Å². The second-order valence-corrected chi connectivity index (χ2v) is 10.2. The number of fused-ring (bicyclic) bond motifs is 1. The third kappa shape index (κ3) is 3.96. The SMILES string of the molecule is Cc1sc2nc(C(C)Sc3nnc(NCc4ccccc4)s3)[nH]c(=O)c2c1C. The molecular weight excluding hydrogens is 410 g/mol. The Labute approximate surface area is 174 Å². The molecule has 0 aliphatic heterocycles. The van der Waals surface area contributed by atoms with E-state index in [9.17, 15) is 4.79 Å². The Morgan fingerprint density at radius 1 is 1.18 bits per heavy atom. The summed E-state index contributed by atoms with van der Waals surface area (Å²) in [5, 5.41) is 13.2. The quantitative estimate of drug-likeness (QED) is 0.423. The average Bonchev–Trinajstić information content (AvgIpc) is 3.25. The van der Waals surface area contributed by atoms with Crippen LogP contribution in [0.5, 0.6) is 0 Å². The Balaban J connectivity index is 1.47. The Kier molecular flexibility index (Phi) is 5.47. The molecule has 144 valence electrons. The molecule has 4 aromatic rings. The third-order valence-corrected chi connectivity index (χ3v) is 7.59. The van der Waals surface area contributed by atoms with E-state index in [1.54, 1.807) is 23.1 Å². The van der Waals surface area contributed by atoms with Gasteiger partial charge in [-0.05, 0) is 31.9 Å². The van der Waals surface area contributed by atoms with Crippen molar-refractivity contribution in [2.45, 2.75) is 36.9 Å². The zero-order valence-electron chi connectivity index (χ0n) is 15.6. The van der Waals surface area contributed by atoms with Gasteiger partial charge in [-0.25, -0.2) is 4.98 Å². The number of thiophene rings is 1. The van der Waals surface area contributed by atoms with Crippen LogP contribution in [-0.2, 0) is 6.54 Å². The molecule has 0 amide bonds. The second kappa shape index (κ2) is 8.02. The van der Waals surface area contributed by atoms with E-state index in [-0.39, 0.29) is 10.8 Å². The van der Waals surface area contributed by atoms with Gasteiger partial charge in [0.15, 0.2) is 4.34 Å². The highest BCUT2D eigenvalue weighted by Crippen LogP contribution is 2.37. The van der Waals surface area contributed by atoms with E-state index in [1.165, 1.54) is 16.9 Å². The smallest absolute Gasteiger partial charge is 0.259 e. The van der Waals surface area contributed by atoms with Gasteiger partial charge in [0, 0.05) is 11.4 Å². The van der Waals surface area contributed by atoms with E-state index in [0.29, 0.717) is 17.8 Å². The fourth-order valence-corrected chi connectivity index (χ4v) is 5.76. The van der Waals surface area contributed by atoms with Crippen LogP contribution in [0, 0.1) is 13.8 Å². The molecule has 0 aliphatic rings. The molecule has 3 aromatic heterocycles. The van der Waals surface area contributed by atoms with Gasteiger partial charge in [0.05, 0.1) is 10.6 Å². The summed E-state index contributed by atoms with van der Waals surface area (Å²) in [7, 11) is 0. The predicted octanol–water partition coefficient (Wildman–Crippen LogP) is 4.92. The first-order valence-electron chi connectivity index (χ1n) is 8.79. The molecule has 3 heterocycles. The van der Waals surface area contributed by atoms with Gasteiger partial charge in [0.25, 0.3) is 5.56 Å². The van der Waals surface area contributed by atoms with E-state index in [2.05, 4.69) is 37.6 Å². The fourth-order valence-electron chi connectivity index (χ4n) is 2.77. The number of benzene rings is 1. The maximum atomic E-state index is 12.5. The first-order chi connectivity index (χ1) is 13.5. The lowest BCUT2D eigenvalue weighted by Gasteiger charge is -2.07. The van der Waals surface area contributed by atoms with Gasteiger partial charge in [-0.1, -0.05) is 53.4 Å².